The number of aromatic amines is 1. The lowest BCUT2D eigenvalue weighted by Gasteiger charge is -2.35. The molecule has 6 rings (SSSR count). The van der Waals surface area contributed by atoms with Gasteiger partial charge in [0.2, 0.25) is 5.91 Å². The highest BCUT2D eigenvalue weighted by atomic mass is 35.5. The van der Waals surface area contributed by atoms with Gasteiger partial charge in [-0.2, -0.15) is 0 Å². The molecule has 3 heterocycles. The molecular formula is C29H36ClN7O3. The van der Waals surface area contributed by atoms with Gasteiger partial charge < -0.3 is 25.9 Å². The maximum absolute atomic E-state index is 12.3. The first-order valence-corrected chi connectivity index (χ1v) is 14.3. The molecule has 1 aliphatic heterocycles. The van der Waals surface area contributed by atoms with E-state index in [1.165, 1.54) is 0 Å². The van der Waals surface area contributed by atoms with E-state index in [9.17, 15) is 9.90 Å². The molecule has 212 valence electrons. The summed E-state index contributed by atoms with van der Waals surface area (Å²) in [6, 6.07) is 6.05. The molecule has 3 aromatic rings. The molecule has 11 heteroatoms. The van der Waals surface area contributed by atoms with Crippen LogP contribution >= 0.6 is 11.6 Å². The highest BCUT2D eigenvalue weighted by Crippen LogP contribution is 2.46. The Morgan fingerprint density at radius 2 is 2.00 bits per heavy atom. The number of amides is 1. The number of nitrogens with one attached hydrogen (secondary N) is 2. The van der Waals surface area contributed by atoms with Gasteiger partial charge in [0.25, 0.3) is 0 Å². The van der Waals surface area contributed by atoms with Crippen LogP contribution in [0, 0.1) is 17.8 Å². The maximum atomic E-state index is 12.3. The fourth-order valence-corrected chi connectivity index (χ4v) is 6.77. The maximum Gasteiger partial charge on any atom is 0.223 e. The van der Waals surface area contributed by atoms with Crippen LogP contribution in [0.5, 0.6) is 5.75 Å². The molecule has 1 saturated carbocycles. The Morgan fingerprint density at radius 1 is 1.25 bits per heavy atom. The number of aliphatic hydroxyl groups excluding tert-OH is 1. The number of benzene rings is 1. The number of primary amides is 1. The second-order valence-electron chi connectivity index (χ2n) is 11.3. The van der Waals surface area contributed by atoms with Crippen LogP contribution < -0.4 is 15.8 Å². The molecule has 2 aliphatic carbocycles. The highest BCUT2D eigenvalue weighted by molar-refractivity contribution is 6.34. The van der Waals surface area contributed by atoms with E-state index in [1.807, 2.05) is 13.0 Å². The van der Waals surface area contributed by atoms with Gasteiger partial charge in [0.05, 0.1) is 41.6 Å². The quantitative estimate of drug-likeness (QED) is 0.291. The summed E-state index contributed by atoms with van der Waals surface area (Å²) < 4.78 is 5.79. The van der Waals surface area contributed by atoms with Gasteiger partial charge in [-0.1, -0.05) is 29.8 Å². The molecule has 2 fully saturated rings. The smallest absolute Gasteiger partial charge is 0.223 e. The first-order chi connectivity index (χ1) is 19.3. The first-order valence-electron chi connectivity index (χ1n) is 13.9. The number of imidazole rings is 1. The number of ether oxygens (including phenoxy) is 1. The largest absolute Gasteiger partial charge is 0.496 e. The Hall–Kier alpha value is -3.18. The van der Waals surface area contributed by atoms with Gasteiger partial charge >= 0.3 is 0 Å². The first kappa shape index (κ1) is 27.0. The zero-order chi connectivity index (χ0) is 28.0. The summed E-state index contributed by atoms with van der Waals surface area (Å²) in [5.41, 5.74) is 9.64. The molecule has 0 radical (unpaired) electrons. The molecule has 40 heavy (non-hydrogen) atoms. The van der Waals surface area contributed by atoms with E-state index < -0.39 is 0 Å². The van der Waals surface area contributed by atoms with E-state index in [-0.39, 0.29) is 35.8 Å². The number of aliphatic hydroxyl groups is 1. The Balaban J connectivity index is 1.23. The third-order valence-corrected chi connectivity index (χ3v) is 8.77. The standard InChI is InChI=1S/C29H36ClN7O3/c1-16(38)14-36-7-9-37(10-8-36)15-17-3-6-20(22(11-17)40-2)28-34-26-25(21(30)13-32-29(26)35-28)33-24-19-5-4-18(12-19)23(24)27(31)39/h3-6,11,13,16,18-19,23-24,38H,7-10,12,14-15H2,1-2H3,(H2,31,39)(H2,32,33,34,35)/t16-,18+,19-,23-,24+/m0/s1. The van der Waals surface area contributed by atoms with E-state index >= 15 is 0 Å². The van der Waals surface area contributed by atoms with Crippen LogP contribution in [0.15, 0.2) is 36.5 Å². The number of hydrogen-bond donors (Lipinski definition) is 4. The molecule has 2 aromatic heterocycles. The third kappa shape index (κ3) is 5.16. The van der Waals surface area contributed by atoms with Gasteiger partial charge in [0.1, 0.15) is 17.1 Å². The number of fused-ring (bicyclic) bond motifs is 3. The number of aromatic nitrogens is 3. The predicted octanol–water partition coefficient (Wildman–Crippen LogP) is 2.87. The summed E-state index contributed by atoms with van der Waals surface area (Å²) in [6.07, 6.45) is 6.45. The minimum absolute atomic E-state index is 0.134. The lowest BCUT2D eigenvalue weighted by Crippen LogP contribution is -2.47. The number of rotatable bonds is 9. The van der Waals surface area contributed by atoms with Gasteiger partial charge in [-0.3, -0.25) is 14.6 Å². The summed E-state index contributed by atoms with van der Waals surface area (Å²) in [4.78, 5) is 29.6. The van der Waals surface area contributed by atoms with Crippen molar-refractivity contribution in [2.75, 3.05) is 45.2 Å². The molecular weight excluding hydrogens is 530 g/mol. The number of carbonyl (C=O) groups excluding carboxylic acids is 1. The summed E-state index contributed by atoms with van der Waals surface area (Å²) in [7, 11) is 1.66. The molecule has 5 N–H and O–H groups in total. The van der Waals surface area contributed by atoms with Gasteiger partial charge in [-0.15, -0.1) is 0 Å². The van der Waals surface area contributed by atoms with Crippen molar-refractivity contribution in [1.82, 2.24) is 24.8 Å². The van der Waals surface area contributed by atoms with Crippen molar-refractivity contribution in [2.24, 2.45) is 23.5 Å². The molecule has 1 amide bonds. The van der Waals surface area contributed by atoms with Crippen molar-refractivity contribution < 1.29 is 14.6 Å². The molecule has 0 unspecified atom stereocenters. The minimum atomic E-state index is -0.304. The van der Waals surface area contributed by atoms with E-state index in [2.05, 4.69) is 49.4 Å². The van der Waals surface area contributed by atoms with E-state index in [0.29, 0.717) is 27.7 Å². The molecule has 3 aliphatic rings. The summed E-state index contributed by atoms with van der Waals surface area (Å²) >= 11 is 6.62. The second-order valence-corrected chi connectivity index (χ2v) is 11.7. The van der Waals surface area contributed by atoms with Crippen molar-refractivity contribution in [2.45, 2.75) is 32.0 Å². The molecule has 1 saturated heterocycles. The monoisotopic (exact) mass is 565 g/mol. The Bertz CT molecular complexity index is 1430. The summed E-state index contributed by atoms with van der Waals surface area (Å²) in [5, 5.41) is 13.6. The minimum Gasteiger partial charge on any atom is -0.496 e. The Labute approximate surface area is 238 Å². The molecule has 5 atom stereocenters. The van der Waals surface area contributed by atoms with Crippen LogP contribution in [0.25, 0.3) is 22.6 Å². The van der Waals surface area contributed by atoms with Crippen LogP contribution in [0.1, 0.15) is 18.9 Å². The van der Waals surface area contributed by atoms with E-state index in [1.54, 1.807) is 13.3 Å². The number of hydrogen-bond acceptors (Lipinski definition) is 8. The van der Waals surface area contributed by atoms with Crippen molar-refractivity contribution >= 4 is 34.4 Å². The van der Waals surface area contributed by atoms with Crippen molar-refractivity contribution in [3.63, 3.8) is 0 Å². The van der Waals surface area contributed by atoms with E-state index in [4.69, 9.17) is 27.1 Å². The predicted molar refractivity (Wildman–Crippen MR) is 155 cm³/mol. The number of anilines is 1. The SMILES string of the molecule is COc1cc(CN2CCN(C[C@H](C)O)CC2)ccc1-c1nc2ncc(Cl)c(N[C@H]3[C@@H](C(N)=O)[C@@H]4C=C[C@H]3C4)c2[nH]1. The van der Waals surface area contributed by atoms with Crippen LogP contribution in [0.4, 0.5) is 5.69 Å². The van der Waals surface area contributed by atoms with E-state index in [0.717, 1.165) is 62.6 Å². The average Bonchev–Trinajstić information content (AvgIpc) is 3.66. The summed E-state index contributed by atoms with van der Waals surface area (Å²) in [5.74, 6) is 1.14. The number of halogens is 1. The lowest BCUT2D eigenvalue weighted by atomic mass is 9.88. The van der Waals surface area contributed by atoms with Gasteiger partial charge in [0, 0.05) is 45.3 Å². The molecule has 2 bridgehead atoms. The zero-order valence-electron chi connectivity index (χ0n) is 22.8. The fraction of sp³-hybridized carbons (Fsp3) is 0.483. The Kier molecular flexibility index (Phi) is 7.43. The third-order valence-electron chi connectivity index (χ3n) is 8.49. The number of piperazine rings is 1. The van der Waals surface area contributed by atoms with Crippen molar-refractivity contribution in [1.29, 1.82) is 0 Å². The highest BCUT2D eigenvalue weighted by Gasteiger charge is 2.47. The number of nitrogens with two attached hydrogens (primary N) is 1. The topological polar surface area (TPSA) is 133 Å². The van der Waals surface area contributed by atoms with Crippen LogP contribution in [-0.2, 0) is 11.3 Å². The number of H-pyrrole nitrogens is 1. The number of pyridine rings is 1. The number of nitrogens with zero attached hydrogens (tertiary/aromatic N) is 4. The summed E-state index contributed by atoms with van der Waals surface area (Å²) in [6.45, 7) is 7.18. The average molecular weight is 566 g/mol. The molecule has 10 nitrogen and oxygen atoms in total. The fourth-order valence-electron chi connectivity index (χ4n) is 6.57. The molecule has 1 aromatic carbocycles. The zero-order valence-corrected chi connectivity index (χ0v) is 23.6. The van der Waals surface area contributed by atoms with Crippen LogP contribution in [0.3, 0.4) is 0 Å². The number of β-amino-alcohol motifs (C(OH)–C–C–N with tert-alkyl or cyclic N) is 1. The van der Waals surface area contributed by atoms with Crippen molar-refractivity contribution in [3.8, 4) is 17.1 Å². The number of allylic oxidation sites excluding steroid dienone is 1. The number of methoxy groups -OCH3 is 1. The number of carbonyl (C=O) groups is 1. The normalized spacial score (nSPS) is 25.5. The van der Waals surface area contributed by atoms with Gasteiger partial charge in [0.15, 0.2) is 5.65 Å². The second kappa shape index (κ2) is 11.0. The van der Waals surface area contributed by atoms with Crippen LogP contribution in [-0.4, -0.2) is 87.7 Å². The van der Waals surface area contributed by atoms with Gasteiger partial charge in [-0.25, -0.2) is 9.97 Å². The lowest BCUT2D eigenvalue weighted by molar-refractivity contribution is -0.122. The van der Waals surface area contributed by atoms with Crippen LogP contribution in [0.2, 0.25) is 5.02 Å². The Morgan fingerprint density at radius 3 is 2.73 bits per heavy atom. The van der Waals surface area contributed by atoms with Crippen molar-refractivity contribution in [3.05, 3.63) is 47.1 Å². The molecule has 0 spiro atoms. The van der Waals surface area contributed by atoms with Gasteiger partial charge in [-0.05, 0) is 42.9 Å².